The molecule has 0 radical (unpaired) electrons. The van der Waals surface area contributed by atoms with Gasteiger partial charge in [0, 0.05) is 31.3 Å². The van der Waals surface area contributed by atoms with Crippen molar-refractivity contribution in [2.24, 2.45) is 0 Å². The van der Waals surface area contributed by atoms with Gasteiger partial charge < -0.3 is 20.4 Å². The number of hydrogen-bond donors (Lipinski definition) is 3. The molecule has 2 amide bonds. The third-order valence-corrected chi connectivity index (χ3v) is 5.41. The molecule has 1 fully saturated rings. The third-order valence-electron chi connectivity index (χ3n) is 5.41. The molecular formula is C24H25F3N2O4. The summed E-state index contributed by atoms with van der Waals surface area (Å²) in [6.45, 7) is 0.549. The number of nitrogens with one attached hydrogen (secondary N) is 1. The quantitative estimate of drug-likeness (QED) is 0.575. The first kappa shape index (κ1) is 24.5. The molecule has 0 aromatic heterocycles. The van der Waals surface area contributed by atoms with Crippen molar-refractivity contribution in [1.82, 2.24) is 4.90 Å². The van der Waals surface area contributed by atoms with Crippen molar-refractivity contribution in [3.8, 4) is 0 Å². The number of aryl methyl sites for hydroxylation is 1. The third kappa shape index (κ3) is 7.16. The molecule has 2 aromatic carbocycles. The van der Waals surface area contributed by atoms with Gasteiger partial charge in [-0.2, -0.15) is 13.2 Å². The minimum Gasteiger partial charge on any atom is -0.390 e. The molecule has 176 valence electrons. The number of amides is 2. The van der Waals surface area contributed by atoms with E-state index in [4.69, 9.17) is 0 Å². The lowest BCUT2D eigenvalue weighted by atomic mass is 10.0. The molecule has 33 heavy (non-hydrogen) atoms. The van der Waals surface area contributed by atoms with Crippen LogP contribution in [-0.4, -0.2) is 52.2 Å². The lowest BCUT2D eigenvalue weighted by Crippen LogP contribution is -2.49. The van der Waals surface area contributed by atoms with Crippen LogP contribution in [0.1, 0.15) is 29.5 Å². The summed E-state index contributed by atoms with van der Waals surface area (Å²) in [5.74, 6) is -0.518. The number of likely N-dealkylation sites (tertiary alicyclic amines) is 1. The molecule has 0 spiro atoms. The molecule has 1 aliphatic heterocycles. The zero-order valence-electron chi connectivity index (χ0n) is 17.8. The van der Waals surface area contributed by atoms with Gasteiger partial charge in [0.15, 0.2) is 0 Å². The number of anilines is 1. The van der Waals surface area contributed by atoms with E-state index in [2.05, 4.69) is 5.32 Å². The van der Waals surface area contributed by atoms with Crippen LogP contribution in [0, 0.1) is 0 Å². The van der Waals surface area contributed by atoms with E-state index in [1.807, 2.05) is 0 Å². The van der Waals surface area contributed by atoms with Crippen LogP contribution in [0.25, 0.3) is 6.08 Å². The number of piperidine rings is 1. The van der Waals surface area contributed by atoms with Crippen molar-refractivity contribution >= 4 is 23.6 Å². The van der Waals surface area contributed by atoms with Gasteiger partial charge in [-0.3, -0.25) is 9.59 Å². The normalized spacial score (nSPS) is 19.0. The zero-order chi connectivity index (χ0) is 24.0. The molecule has 0 unspecified atom stereocenters. The molecule has 0 aliphatic carbocycles. The van der Waals surface area contributed by atoms with Gasteiger partial charge in [-0.25, -0.2) is 0 Å². The lowest BCUT2D eigenvalue weighted by molar-refractivity contribution is -0.138. The van der Waals surface area contributed by atoms with E-state index >= 15 is 0 Å². The van der Waals surface area contributed by atoms with Crippen LogP contribution in [-0.2, 0) is 22.2 Å². The first-order valence-electron chi connectivity index (χ1n) is 10.5. The van der Waals surface area contributed by atoms with Crippen molar-refractivity contribution in [2.75, 3.05) is 18.4 Å². The van der Waals surface area contributed by atoms with E-state index < -0.39 is 29.9 Å². The summed E-state index contributed by atoms with van der Waals surface area (Å²) >= 11 is 0. The molecule has 6 nitrogen and oxygen atoms in total. The highest BCUT2D eigenvalue weighted by Crippen LogP contribution is 2.29. The highest BCUT2D eigenvalue weighted by molar-refractivity contribution is 6.01. The summed E-state index contributed by atoms with van der Waals surface area (Å²) < 4.78 is 37.8. The van der Waals surface area contributed by atoms with Crippen molar-refractivity contribution in [3.05, 3.63) is 71.3 Å². The van der Waals surface area contributed by atoms with Crippen LogP contribution < -0.4 is 5.32 Å². The second-order valence-electron chi connectivity index (χ2n) is 7.90. The van der Waals surface area contributed by atoms with Crippen molar-refractivity contribution in [1.29, 1.82) is 0 Å². The van der Waals surface area contributed by atoms with E-state index in [0.717, 1.165) is 17.7 Å². The Morgan fingerprint density at radius 2 is 1.70 bits per heavy atom. The lowest BCUT2D eigenvalue weighted by Gasteiger charge is -2.33. The maximum absolute atomic E-state index is 12.6. The van der Waals surface area contributed by atoms with Gasteiger partial charge in [-0.15, -0.1) is 0 Å². The average Bonchev–Trinajstić information content (AvgIpc) is 2.78. The Morgan fingerprint density at radius 3 is 2.30 bits per heavy atom. The van der Waals surface area contributed by atoms with E-state index in [1.54, 1.807) is 29.2 Å². The van der Waals surface area contributed by atoms with E-state index in [9.17, 15) is 33.0 Å². The highest BCUT2D eigenvalue weighted by atomic mass is 19.4. The van der Waals surface area contributed by atoms with Crippen molar-refractivity contribution in [2.45, 2.75) is 37.6 Å². The number of rotatable bonds is 6. The first-order chi connectivity index (χ1) is 15.6. The Balaban J connectivity index is 1.46. The van der Waals surface area contributed by atoms with Gasteiger partial charge in [0.2, 0.25) is 11.8 Å². The minimum absolute atomic E-state index is 0.0910. The maximum Gasteiger partial charge on any atom is 0.416 e. The Labute approximate surface area is 189 Å². The molecule has 1 saturated heterocycles. The number of aliphatic hydroxyl groups is 2. The predicted molar refractivity (Wildman–Crippen MR) is 117 cm³/mol. The molecule has 2 atom stereocenters. The molecule has 2 aromatic rings. The fraction of sp³-hybridized carbons (Fsp3) is 0.333. The van der Waals surface area contributed by atoms with Crippen LogP contribution in [0.4, 0.5) is 18.9 Å². The second-order valence-corrected chi connectivity index (χ2v) is 7.90. The number of benzene rings is 2. The fourth-order valence-electron chi connectivity index (χ4n) is 3.45. The monoisotopic (exact) mass is 462 g/mol. The summed E-state index contributed by atoms with van der Waals surface area (Å²) in [6.07, 6.45) is -2.33. The number of alkyl halides is 3. The highest BCUT2D eigenvalue weighted by Gasteiger charge is 2.30. The average molecular weight is 462 g/mol. The molecule has 3 rings (SSSR count). The molecule has 9 heteroatoms. The second kappa shape index (κ2) is 10.6. The van der Waals surface area contributed by atoms with Gasteiger partial charge in [0.05, 0.1) is 17.8 Å². The van der Waals surface area contributed by atoms with E-state index in [-0.39, 0.29) is 18.9 Å². The Hall–Kier alpha value is -3.17. The Kier molecular flexibility index (Phi) is 7.88. The van der Waals surface area contributed by atoms with Gasteiger partial charge in [0.1, 0.15) is 0 Å². The summed E-state index contributed by atoms with van der Waals surface area (Å²) in [6, 6.07) is 11.5. The van der Waals surface area contributed by atoms with Gasteiger partial charge in [-0.05, 0) is 54.3 Å². The van der Waals surface area contributed by atoms with E-state index in [1.165, 1.54) is 24.3 Å². The number of aliphatic hydroxyl groups excluding tert-OH is 2. The van der Waals surface area contributed by atoms with Gasteiger partial charge in [0.25, 0.3) is 0 Å². The van der Waals surface area contributed by atoms with Crippen LogP contribution in [0.5, 0.6) is 0 Å². The number of halogens is 3. The van der Waals surface area contributed by atoms with Crippen LogP contribution in [0.3, 0.4) is 0 Å². The predicted octanol–water partition coefficient (Wildman–Crippen LogP) is 3.24. The van der Waals surface area contributed by atoms with Crippen molar-refractivity contribution < 1.29 is 33.0 Å². The Bertz CT molecular complexity index is 988. The summed E-state index contributed by atoms with van der Waals surface area (Å²) in [7, 11) is 0. The minimum atomic E-state index is -4.40. The first-order valence-corrected chi connectivity index (χ1v) is 10.5. The fourth-order valence-corrected chi connectivity index (χ4v) is 3.45. The zero-order valence-corrected chi connectivity index (χ0v) is 17.8. The number of carbonyl (C=O) groups is 2. The topological polar surface area (TPSA) is 89.9 Å². The van der Waals surface area contributed by atoms with Gasteiger partial charge in [-0.1, -0.05) is 24.3 Å². The summed E-state index contributed by atoms with van der Waals surface area (Å²) in [4.78, 5) is 25.9. The maximum atomic E-state index is 12.6. The summed E-state index contributed by atoms with van der Waals surface area (Å²) in [5, 5.41) is 21.9. The van der Waals surface area contributed by atoms with Crippen LogP contribution >= 0.6 is 0 Å². The molecule has 1 aliphatic rings. The van der Waals surface area contributed by atoms with Crippen LogP contribution in [0.15, 0.2) is 54.6 Å². The van der Waals surface area contributed by atoms with Crippen molar-refractivity contribution in [3.63, 3.8) is 0 Å². The molecular weight excluding hydrogens is 437 g/mol. The summed E-state index contributed by atoms with van der Waals surface area (Å²) in [5.41, 5.74) is 1.16. The molecule has 0 bridgehead atoms. The van der Waals surface area contributed by atoms with Crippen LogP contribution in [0.2, 0.25) is 0 Å². The molecule has 0 saturated carbocycles. The number of hydrogen-bond acceptors (Lipinski definition) is 4. The largest absolute Gasteiger partial charge is 0.416 e. The molecule has 1 heterocycles. The molecule has 3 N–H and O–H groups in total. The number of nitrogens with zero attached hydrogens (tertiary/aromatic N) is 1. The number of β-amino-alcohol motifs (C(OH)–C–C–N with tert-alkyl or cyclic N) is 1. The standard InChI is InChI=1S/C24H25F3N2O4/c25-24(26,27)18-7-1-16(2-8-18)5-11-22(32)28-19-9-3-17(4-10-19)6-12-23(33)29-14-13-20(30)21(31)15-29/h1-5,7-11,20-21,30-31H,6,12-15H2,(H,28,32)/b11-5+/t20-,21-/m1/s1. The SMILES string of the molecule is O=C(/C=C/c1ccc(C(F)(F)F)cc1)Nc1ccc(CCC(=O)N2CC[C@@H](O)[C@H](O)C2)cc1. The van der Waals surface area contributed by atoms with E-state index in [0.29, 0.717) is 30.6 Å². The van der Waals surface area contributed by atoms with Gasteiger partial charge >= 0.3 is 6.18 Å². The smallest absolute Gasteiger partial charge is 0.390 e. The number of carbonyl (C=O) groups excluding carboxylic acids is 2. The Morgan fingerprint density at radius 1 is 1.03 bits per heavy atom.